The van der Waals surface area contributed by atoms with Gasteiger partial charge in [-0.2, -0.15) is 0 Å². The maximum atomic E-state index is 5.88. The molecule has 0 atom stereocenters. The summed E-state index contributed by atoms with van der Waals surface area (Å²) in [6.07, 6.45) is 0. The van der Waals surface area contributed by atoms with Gasteiger partial charge in [-0.1, -0.05) is 29.8 Å². The summed E-state index contributed by atoms with van der Waals surface area (Å²) >= 11 is 5.88. The minimum absolute atomic E-state index is 0.769. The van der Waals surface area contributed by atoms with E-state index >= 15 is 0 Å². The van der Waals surface area contributed by atoms with Crippen LogP contribution in [0, 0.1) is 6.92 Å². The molecule has 106 valence electrons. The molecule has 0 heterocycles. The van der Waals surface area contributed by atoms with Crippen molar-refractivity contribution >= 4 is 23.0 Å². The molecule has 20 heavy (non-hydrogen) atoms. The second kappa shape index (κ2) is 7.20. The summed E-state index contributed by atoms with van der Waals surface area (Å²) in [6.45, 7) is 7.24. The number of likely N-dealkylation sites (N-methyl/N-ethyl adjacent to an activating group) is 1. The largest absolute Gasteiger partial charge is 0.383 e. The van der Waals surface area contributed by atoms with E-state index in [4.69, 9.17) is 11.6 Å². The zero-order chi connectivity index (χ0) is 14.4. The predicted octanol–water partition coefficient (Wildman–Crippen LogP) is 4.59. The van der Waals surface area contributed by atoms with E-state index < -0.39 is 0 Å². The van der Waals surface area contributed by atoms with Crippen molar-refractivity contribution in [2.24, 2.45) is 0 Å². The fraction of sp³-hybridized carbons (Fsp3) is 0.294. The Morgan fingerprint density at radius 3 is 2.40 bits per heavy atom. The quantitative estimate of drug-likeness (QED) is 0.836. The molecule has 0 aliphatic rings. The predicted molar refractivity (Wildman–Crippen MR) is 89.0 cm³/mol. The molecule has 2 nitrogen and oxygen atoms in total. The van der Waals surface area contributed by atoms with Gasteiger partial charge in [0.25, 0.3) is 0 Å². The second-order valence-electron chi connectivity index (χ2n) is 4.80. The Labute approximate surface area is 126 Å². The first-order chi connectivity index (χ1) is 9.70. The highest BCUT2D eigenvalue weighted by Gasteiger charge is 2.06. The van der Waals surface area contributed by atoms with Crippen molar-refractivity contribution in [3.05, 3.63) is 59.1 Å². The van der Waals surface area contributed by atoms with E-state index in [1.54, 1.807) is 0 Å². The van der Waals surface area contributed by atoms with Crippen molar-refractivity contribution in [1.82, 2.24) is 0 Å². The molecule has 0 aliphatic heterocycles. The summed E-state index contributed by atoms with van der Waals surface area (Å²) in [5.41, 5.74) is 3.74. The van der Waals surface area contributed by atoms with Crippen LogP contribution in [-0.4, -0.2) is 19.6 Å². The minimum atomic E-state index is 0.769. The molecule has 0 aliphatic carbocycles. The van der Waals surface area contributed by atoms with E-state index in [0.717, 1.165) is 30.3 Å². The van der Waals surface area contributed by atoms with Gasteiger partial charge < -0.3 is 10.2 Å². The number of para-hydroxylation sites is 1. The van der Waals surface area contributed by atoms with E-state index in [2.05, 4.69) is 48.3 Å². The van der Waals surface area contributed by atoms with Gasteiger partial charge in [-0.25, -0.2) is 0 Å². The maximum Gasteiger partial charge on any atom is 0.0407 e. The van der Waals surface area contributed by atoms with Crippen molar-refractivity contribution in [3.8, 4) is 0 Å². The molecule has 2 aromatic rings. The molecule has 0 radical (unpaired) electrons. The van der Waals surface area contributed by atoms with Crippen LogP contribution in [0.25, 0.3) is 0 Å². The lowest BCUT2D eigenvalue weighted by molar-refractivity contribution is 0.832. The SMILES string of the molecule is CCN(CCNc1ccc(Cl)cc1)c1ccccc1C. The number of rotatable bonds is 6. The van der Waals surface area contributed by atoms with Crippen LogP contribution in [0.5, 0.6) is 0 Å². The molecule has 0 spiro atoms. The molecule has 0 saturated heterocycles. The Kier molecular flexibility index (Phi) is 5.31. The summed E-state index contributed by atoms with van der Waals surface area (Å²) in [4.78, 5) is 2.39. The standard InChI is InChI=1S/C17H21ClN2/c1-3-20(17-7-5-4-6-14(17)2)13-12-19-16-10-8-15(18)9-11-16/h4-11,19H,3,12-13H2,1-2H3. The number of benzene rings is 2. The van der Waals surface area contributed by atoms with E-state index in [9.17, 15) is 0 Å². The Bertz CT molecular complexity index is 537. The van der Waals surface area contributed by atoms with Gasteiger partial charge in [0.15, 0.2) is 0 Å². The smallest absolute Gasteiger partial charge is 0.0407 e. The first-order valence-electron chi connectivity index (χ1n) is 7.00. The van der Waals surface area contributed by atoms with Gasteiger partial charge in [0.2, 0.25) is 0 Å². The van der Waals surface area contributed by atoms with Gasteiger partial charge in [-0.05, 0) is 49.7 Å². The van der Waals surface area contributed by atoms with Gasteiger partial charge in [0.05, 0.1) is 0 Å². The Hall–Kier alpha value is -1.67. The van der Waals surface area contributed by atoms with Crippen LogP contribution in [0.15, 0.2) is 48.5 Å². The number of hydrogen-bond donors (Lipinski definition) is 1. The Morgan fingerprint density at radius 1 is 1.05 bits per heavy atom. The summed E-state index contributed by atoms with van der Waals surface area (Å²) in [7, 11) is 0. The zero-order valence-corrected chi connectivity index (χ0v) is 12.8. The third-order valence-corrected chi connectivity index (χ3v) is 3.64. The summed E-state index contributed by atoms with van der Waals surface area (Å²) in [5, 5.41) is 4.19. The average Bonchev–Trinajstić information content (AvgIpc) is 2.47. The normalized spacial score (nSPS) is 10.3. The molecule has 2 rings (SSSR count). The molecule has 0 bridgehead atoms. The summed E-state index contributed by atoms with van der Waals surface area (Å²) in [6, 6.07) is 16.3. The first-order valence-corrected chi connectivity index (χ1v) is 7.38. The molecule has 3 heteroatoms. The lowest BCUT2D eigenvalue weighted by Gasteiger charge is -2.25. The van der Waals surface area contributed by atoms with E-state index in [1.807, 2.05) is 24.3 Å². The molecule has 0 fully saturated rings. The monoisotopic (exact) mass is 288 g/mol. The van der Waals surface area contributed by atoms with Crippen LogP contribution in [-0.2, 0) is 0 Å². The fourth-order valence-electron chi connectivity index (χ4n) is 2.27. The van der Waals surface area contributed by atoms with E-state index in [-0.39, 0.29) is 0 Å². The lowest BCUT2D eigenvalue weighted by atomic mass is 10.2. The zero-order valence-electron chi connectivity index (χ0n) is 12.1. The van der Waals surface area contributed by atoms with Gasteiger partial charge in [0, 0.05) is 36.0 Å². The Balaban J connectivity index is 1.91. The molecule has 1 N–H and O–H groups in total. The average molecular weight is 289 g/mol. The van der Waals surface area contributed by atoms with Crippen LogP contribution in [0.3, 0.4) is 0 Å². The molecule has 0 aromatic heterocycles. The van der Waals surface area contributed by atoms with Gasteiger partial charge in [0.1, 0.15) is 0 Å². The highest BCUT2D eigenvalue weighted by Crippen LogP contribution is 2.19. The fourth-order valence-corrected chi connectivity index (χ4v) is 2.40. The van der Waals surface area contributed by atoms with Crippen molar-refractivity contribution < 1.29 is 0 Å². The van der Waals surface area contributed by atoms with Gasteiger partial charge in [-0.15, -0.1) is 0 Å². The molecule has 0 amide bonds. The number of nitrogens with zero attached hydrogens (tertiary/aromatic N) is 1. The van der Waals surface area contributed by atoms with Gasteiger partial charge in [-0.3, -0.25) is 0 Å². The van der Waals surface area contributed by atoms with E-state index in [1.165, 1.54) is 11.3 Å². The molecular weight excluding hydrogens is 268 g/mol. The van der Waals surface area contributed by atoms with Crippen molar-refractivity contribution in [3.63, 3.8) is 0 Å². The van der Waals surface area contributed by atoms with Crippen LogP contribution in [0.4, 0.5) is 11.4 Å². The lowest BCUT2D eigenvalue weighted by Crippen LogP contribution is -2.29. The molecule has 0 saturated carbocycles. The first kappa shape index (κ1) is 14.7. The van der Waals surface area contributed by atoms with Crippen LogP contribution < -0.4 is 10.2 Å². The number of nitrogens with one attached hydrogen (secondary N) is 1. The Morgan fingerprint density at radius 2 is 1.75 bits per heavy atom. The van der Waals surface area contributed by atoms with Crippen molar-refractivity contribution in [2.45, 2.75) is 13.8 Å². The molecule has 2 aromatic carbocycles. The maximum absolute atomic E-state index is 5.88. The van der Waals surface area contributed by atoms with Crippen LogP contribution in [0.2, 0.25) is 5.02 Å². The third-order valence-electron chi connectivity index (χ3n) is 3.39. The number of anilines is 2. The van der Waals surface area contributed by atoms with Crippen molar-refractivity contribution in [2.75, 3.05) is 29.9 Å². The highest BCUT2D eigenvalue weighted by atomic mass is 35.5. The molecular formula is C17H21ClN2. The van der Waals surface area contributed by atoms with Crippen molar-refractivity contribution in [1.29, 1.82) is 0 Å². The van der Waals surface area contributed by atoms with Crippen LogP contribution >= 0.6 is 11.6 Å². The number of aryl methyl sites for hydroxylation is 1. The minimum Gasteiger partial charge on any atom is -0.383 e. The summed E-state index contributed by atoms with van der Waals surface area (Å²) in [5.74, 6) is 0. The number of halogens is 1. The highest BCUT2D eigenvalue weighted by molar-refractivity contribution is 6.30. The number of hydrogen-bond acceptors (Lipinski definition) is 2. The van der Waals surface area contributed by atoms with E-state index in [0.29, 0.717) is 0 Å². The van der Waals surface area contributed by atoms with Gasteiger partial charge >= 0.3 is 0 Å². The second-order valence-corrected chi connectivity index (χ2v) is 5.24. The van der Waals surface area contributed by atoms with Crippen LogP contribution in [0.1, 0.15) is 12.5 Å². The topological polar surface area (TPSA) is 15.3 Å². The third kappa shape index (κ3) is 3.91. The summed E-state index contributed by atoms with van der Waals surface area (Å²) < 4.78 is 0. The molecule has 0 unspecified atom stereocenters.